The van der Waals surface area contributed by atoms with Crippen molar-refractivity contribution in [1.82, 2.24) is 5.32 Å². The molecule has 1 unspecified atom stereocenters. The molecule has 5 heteroatoms. The van der Waals surface area contributed by atoms with E-state index < -0.39 is 6.10 Å². The van der Waals surface area contributed by atoms with Gasteiger partial charge in [0.1, 0.15) is 18.5 Å². The second-order valence-corrected chi connectivity index (χ2v) is 5.79. The van der Waals surface area contributed by atoms with Gasteiger partial charge in [-0.25, -0.2) is 0 Å². The summed E-state index contributed by atoms with van der Waals surface area (Å²) >= 11 is 3.46. The van der Waals surface area contributed by atoms with Crippen LogP contribution in [-0.4, -0.2) is 37.1 Å². The van der Waals surface area contributed by atoms with Crippen molar-refractivity contribution in [2.45, 2.75) is 39.5 Å². The summed E-state index contributed by atoms with van der Waals surface area (Å²) in [7, 11) is 0. The fraction of sp³-hybridized carbons (Fsp3) is 0.600. The number of rotatable bonds is 9. The van der Waals surface area contributed by atoms with Crippen LogP contribution in [-0.2, 0) is 11.3 Å². The van der Waals surface area contributed by atoms with Crippen molar-refractivity contribution in [3.8, 4) is 5.75 Å². The van der Waals surface area contributed by atoms with E-state index in [4.69, 9.17) is 9.47 Å². The van der Waals surface area contributed by atoms with E-state index in [1.807, 2.05) is 32.0 Å². The van der Waals surface area contributed by atoms with Crippen molar-refractivity contribution in [2.24, 2.45) is 0 Å². The minimum atomic E-state index is -0.618. The Morgan fingerprint density at radius 1 is 1.30 bits per heavy atom. The molecular weight excluding hydrogens is 322 g/mol. The molecule has 0 amide bonds. The van der Waals surface area contributed by atoms with E-state index in [-0.39, 0.29) is 19.3 Å². The molecule has 2 N–H and O–H groups in total. The van der Waals surface area contributed by atoms with Crippen LogP contribution in [0.3, 0.4) is 0 Å². The maximum Gasteiger partial charge on any atom is 0.124 e. The monoisotopic (exact) mass is 345 g/mol. The van der Waals surface area contributed by atoms with Crippen LogP contribution in [0.2, 0.25) is 0 Å². The SMILES string of the molecule is CCNCc1cc(Br)ccc1OCC(O)COC(C)C. The fourth-order valence-electron chi connectivity index (χ4n) is 1.62. The van der Waals surface area contributed by atoms with Crippen LogP contribution in [0.15, 0.2) is 22.7 Å². The molecule has 0 fully saturated rings. The lowest BCUT2D eigenvalue weighted by Gasteiger charge is -2.16. The second-order valence-electron chi connectivity index (χ2n) is 4.88. The zero-order chi connectivity index (χ0) is 15.0. The van der Waals surface area contributed by atoms with Gasteiger partial charge in [0.15, 0.2) is 0 Å². The molecule has 0 aliphatic rings. The quantitative estimate of drug-likeness (QED) is 0.722. The summed E-state index contributed by atoms with van der Waals surface area (Å²) in [4.78, 5) is 0. The lowest BCUT2D eigenvalue weighted by atomic mass is 10.2. The Morgan fingerprint density at radius 2 is 2.05 bits per heavy atom. The van der Waals surface area contributed by atoms with Crippen LogP contribution in [0.1, 0.15) is 26.3 Å². The van der Waals surface area contributed by atoms with Crippen LogP contribution < -0.4 is 10.1 Å². The number of aliphatic hydroxyl groups is 1. The van der Waals surface area contributed by atoms with Crippen LogP contribution in [0, 0.1) is 0 Å². The van der Waals surface area contributed by atoms with E-state index in [1.54, 1.807) is 0 Å². The third kappa shape index (κ3) is 6.70. The molecule has 0 spiro atoms. The van der Waals surface area contributed by atoms with Gasteiger partial charge >= 0.3 is 0 Å². The van der Waals surface area contributed by atoms with Gasteiger partial charge in [0.25, 0.3) is 0 Å². The molecule has 0 saturated heterocycles. The van der Waals surface area contributed by atoms with Gasteiger partial charge in [0.05, 0.1) is 12.7 Å². The van der Waals surface area contributed by atoms with Crippen LogP contribution >= 0.6 is 15.9 Å². The normalized spacial score (nSPS) is 12.7. The first kappa shape index (κ1) is 17.4. The highest BCUT2D eigenvalue weighted by molar-refractivity contribution is 9.10. The Kier molecular flexibility index (Phi) is 8.14. The van der Waals surface area contributed by atoms with E-state index in [9.17, 15) is 5.11 Å². The standard InChI is InChI=1S/C15H24BrNO3/c1-4-17-8-12-7-13(16)5-6-15(12)20-10-14(18)9-19-11(2)3/h5-7,11,14,17-18H,4,8-10H2,1-3H3. The van der Waals surface area contributed by atoms with Crippen LogP contribution in [0.5, 0.6) is 5.75 Å². The average Bonchev–Trinajstić information content (AvgIpc) is 2.41. The van der Waals surface area contributed by atoms with Crippen molar-refractivity contribution in [3.63, 3.8) is 0 Å². The summed E-state index contributed by atoms with van der Waals surface area (Å²) in [5, 5.41) is 13.1. The summed E-state index contributed by atoms with van der Waals surface area (Å²) in [5.74, 6) is 0.790. The number of ether oxygens (including phenoxy) is 2. The number of hydrogen-bond donors (Lipinski definition) is 2. The minimum Gasteiger partial charge on any atom is -0.490 e. The topological polar surface area (TPSA) is 50.7 Å². The fourth-order valence-corrected chi connectivity index (χ4v) is 2.03. The number of nitrogens with one attached hydrogen (secondary N) is 1. The predicted molar refractivity (Wildman–Crippen MR) is 84.1 cm³/mol. The average molecular weight is 346 g/mol. The smallest absolute Gasteiger partial charge is 0.124 e. The van der Waals surface area contributed by atoms with Crippen molar-refractivity contribution in [3.05, 3.63) is 28.2 Å². The maximum atomic E-state index is 9.81. The second kappa shape index (κ2) is 9.34. The highest BCUT2D eigenvalue weighted by atomic mass is 79.9. The van der Waals surface area contributed by atoms with Gasteiger partial charge in [-0.2, -0.15) is 0 Å². The van der Waals surface area contributed by atoms with Crippen molar-refractivity contribution in [1.29, 1.82) is 0 Å². The summed E-state index contributed by atoms with van der Waals surface area (Å²) in [6.45, 7) is 8.10. The lowest BCUT2D eigenvalue weighted by molar-refractivity contribution is -0.0124. The van der Waals surface area contributed by atoms with Crippen molar-refractivity contribution >= 4 is 15.9 Å². The van der Waals surface area contributed by atoms with Gasteiger partial charge < -0.3 is 19.9 Å². The first-order chi connectivity index (χ1) is 9.52. The molecule has 0 saturated carbocycles. The maximum absolute atomic E-state index is 9.81. The Hall–Kier alpha value is -0.620. The largest absolute Gasteiger partial charge is 0.490 e. The Morgan fingerprint density at radius 3 is 2.70 bits per heavy atom. The number of hydrogen-bond acceptors (Lipinski definition) is 4. The van der Waals surface area contributed by atoms with Gasteiger partial charge in [-0.15, -0.1) is 0 Å². The molecular formula is C15H24BrNO3. The van der Waals surface area contributed by atoms with Crippen molar-refractivity contribution in [2.75, 3.05) is 19.8 Å². The first-order valence-electron chi connectivity index (χ1n) is 6.94. The molecule has 1 aromatic carbocycles. The number of halogens is 1. The highest BCUT2D eigenvalue weighted by Crippen LogP contribution is 2.23. The molecule has 4 nitrogen and oxygen atoms in total. The van der Waals surface area contributed by atoms with E-state index in [0.717, 1.165) is 28.9 Å². The summed E-state index contributed by atoms with van der Waals surface area (Å²) < 4.78 is 12.1. The molecule has 0 aliphatic carbocycles. The van der Waals surface area contributed by atoms with E-state index in [1.165, 1.54) is 0 Å². The van der Waals surface area contributed by atoms with E-state index >= 15 is 0 Å². The Balaban J connectivity index is 2.53. The third-order valence-electron chi connectivity index (χ3n) is 2.64. The summed E-state index contributed by atoms with van der Waals surface area (Å²) in [6.07, 6.45) is -0.505. The van der Waals surface area contributed by atoms with Gasteiger partial charge in [0.2, 0.25) is 0 Å². The molecule has 20 heavy (non-hydrogen) atoms. The van der Waals surface area contributed by atoms with Gasteiger partial charge in [-0.1, -0.05) is 22.9 Å². The zero-order valence-corrected chi connectivity index (χ0v) is 13.9. The third-order valence-corrected chi connectivity index (χ3v) is 3.13. The van der Waals surface area contributed by atoms with Gasteiger partial charge in [0, 0.05) is 16.6 Å². The zero-order valence-electron chi connectivity index (χ0n) is 12.4. The highest BCUT2D eigenvalue weighted by Gasteiger charge is 2.09. The molecule has 0 radical (unpaired) electrons. The molecule has 1 aromatic rings. The number of benzene rings is 1. The molecule has 0 bridgehead atoms. The molecule has 0 heterocycles. The van der Waals surface area contributed by atoms with E-state index in [0.29, 0.717) is 0 Å². The van der Waals surface area contributed by atoms with Gasteiger partial charge in [-0.3, -0.25) is 0 Å². The molecule has 114 valence electrons. The Labute approximate surface area is 129 Å². The molecule has 1 atom stereocenters. The van der Waals surface area contributed by atoms with E-state index in [2.05, 4.69) is 28.2 Å². The predicted octanol–water partition coefficient (Wildman–Crippen LogP) is 2.72. The lowest BCUT2D eigenvalue weighted by Crippen LogP contribution is -2.25. The Bertz CT molecular complexity index is 399. The van der Waals surface area contributed by atoms with Crippen LogP contribution in [0.25, 0.3) is 0 Å². The molecule has 0 aromatic heterocycles. The van der Waals surface area contributed by atoms with Crippen molar-refractivity contribution < 1.29 is 14.6 Å². The van der Waals surface area contributed by atoms with Gasteiger partial charge in [-0.05, 0) is 38.6 Å². The summed E-state index contributed by atoms with van der Waals surface area (Å²) in [5.41, 5.74) is 1.07. The minimum absolute atomic E-state index is 0.113. The van der Waals surface area contributed by atoms with Crippen LogP contribution in [0.4, 0.5) is 0 Å². The molecule has 0 aliphatic heterocycles. The summed E-state index contributed by atoms with van der Waals surface area (Å²) in [6, 6.07) is 5.86. The molecule has 1 rings (SSSR count). The first-order valence-corrected chi connectivity index (χ1v) is 7.73. The number of aliphatic hydroxyl groups excluding tert-OH is 1.